The van der Waals surface area contributed by atoms with Crippen LogP contribution in [0.25, 0.3) is 28.2 Å². The molecule has 2 N–H and O–H groups in total. The van der Waals surface area contributed by atoms with Crippen molar-refractivity contribution < 1.29 is 14.4 Å². The van der Waals surface area contributed by atoms with Gasteiger partial charge in [-0.1, -0.05) is 67.0 Å². The van der Waals surface area contributed by atoms with E-state index in [2.05, 4.69) is 34.3 Å². The molecule has 5 aromatic rings. The van der Waals surface area contributed by atoms with E-state index in [4.69, 9.17) is 9.26 Å². The van der Waals surface area contributed by atoms with Crippen molar-refractivity contribution in [3.05, 3.63) is 98.5 Å². The molecule has 0 bridgehead atoms. The second kappa shape index (κ2) is 14.4. The molecule has 3 aromatic heterocycles. The third kappa shape index (κ3) is 7.51. The summed E-state index contributed by atoms with van der Waals surface area (Å²) in [4.78, 5) is 28.5. The van der Waals surface area contributed by atoms with Crippen LogP contribution in [0.15, 0.2) is 74.9 Å². The number of H-pyrrole nitrogens is 1. The first-order valence-corrected chi connectivity index (χ1v) is 15.4. The average molecular weight is 638 g/mol. The van der Waals surface area contributed by atoms with Crippen molar-refractivity contribution in [3.63, 3.8) is 0 Å². The first-order valence-electron chi connectivity index (χ1n) is 15.4. The van der Waals surface area contributed by atoms with Crippen LogP contribution in [-0.4, -0.2) is 99.1 Å². The predicted octanol–water partition coefficient (Wildman–Crippen LogP) is 4.67. The number of rotatable bonds is 10. The number of fused-ring (bicyclic) bond motifs is 1. The van der Waals surface area contributed by atoms with Gasteiger partial charge < -0.3 is 9.84 Å². The van der Waals surface area contributed by atoms with E-state index in [1.54, 1.807) is 20.0 Å². The normalized spacial score (nSPS) is 17.0. The van der Waals surface area contributed by atoms with Gasteiger partial charge in [0.2, 0.25) is 0 Å². The third-order valence-corrected chi connectivity index (χ3v) is 8.39. The molecule has 3 heterocycles. The molecule has 0 atom stereocenters. The van der Waals surface area contributed by atoms with Crippen molar-refractivity contribution in [1.29, 1.82) is 0 Å². The van der Waals surface area contributed by atoms with Crippen LogP contribution in [0.4, 0.5) is 0 Å². The van der Waals surface area contributed by atoms with Gasteiger partial charge in [-0.2, -0.15) is 5.10 Å². The molecular formula is C34H40KN5O5. The molecule has 1 aliphatic carbocycles. The Labute approximate surface area is 304 Å². The Kier molecular flexibility index (Phi) is 10.8. The number of aryl methyl sites for hydroxylation is 1. The zero-order chi connectivity index (χ0) is 30.8. The van der Waals surface area contributed by atoms with Gasteiger partial charge in [0.05, 0.1) is 30.2 Å². The summed E-state index contributed by atoms with van der Waals surface area (Å²) in [5, 5.41) is 18.6. The van der Waals surface area contributed by atoms with Crippen LogP contribution in [0.3, 0.4) is 0 Å². The van der Waals surface area contributed by atoms with Crippen molar-refractivity contribution in [2.45, 2.75) is 83.5 Å². The van der Waals surface area contributed by atoms with Crippen LogP contribution in [0.5, 0.6) is 0 Å². The first kappa shape index (κ1) is 33.7. The molecule has 0 spiro atoms. The molecule has 0 unspecified atom stereocenters. The van der Waals surface area contributed by atoms with Crippen LogP contribution in [0.2, 0.25) is 0 Å². The number of aromatic amines is 1. The van der Waals surface area contributed by atoms with Crippen LogP contribution >= 0.6 is 0 Å². The Morgan fingerprint density at radius 2 is 1.73 bits per heavy atom. The van der Waals surface area contributed by atoms with Crippen molar-refractivity contribution in [2.75, 3.05) is 6.61 Å². The van der Waals surface area contributed by atoms with Crippen molar-refractivity contribution in [1.82, 2.24) is 24.3 Å². The molecule has 0 amide bonds. The van der Waals surface area contributed by atoms with Gasteiger partial charge in [0.25, 0.3) is 5.56 Å². The van der Waals surface area contributed by atoms with Gasteiger partial charge in [-0.3, -0.25) is 18.9 Å². The Bertz CT molecular complexity index is 1860. The van der Waals surface area contributed by atoms with E-state index in [1.807, 2.05) is 51.5 Å². The van der Waals surface area contributed by atoms with E-state index >= 15 is 0 Å². The van der Waals surface area contributed by atoms with Gasteiger partial charge in [-0.05, 0) is 62.6 Å². The number of ether oxygens (including phenoxy) is 1. The van der Waals surface area contributed by atoms with Gasteiger partial charge in [-0.25, -0.2) is 9.31 Å². The summed E-state index contributed by atoms with van der Waals surface area (Å²) in [6.45, 7) is 5.92. The van der Waals surface area contributed by atoms with E-state index < -0.39 is 11.4 Å². The number of nitrogens with zero attached hydrogens (tertiary/aromatic N) is 4. The van der Waals surface area contributed by atoms with Gasteiger partial charge in [-0.15, -0.1) is 0 Å². The Morgan fingerprint density at radius 3 is 2.38 bits per heavy atom. The summed E-state index contributed by atoms with van der Waals surface area (Å²) in [7, 11) is 0. The quantitative estimate of drug-likeness (QED) is 0.213. The molecule has 0 saturated heterocycles. The van der Waals surface area contributed by atoms with Crippen molar-refractivity contribution in [3.8, 4) is 22.5 Å². The van der Waals surface area contributed by atoms with Crippen molar-refractivity contribution in [2.24, 2.45) is 0 Å². The second-order valence-electron chi connectivity index (χ2n) is 12.4. The Balaban J connectivity index is 0.00000400. The zero-order valence-corrected chi connectivity index (χ0v) is 25.5. The standard InChI is InChI=1S/C34H39N5O5.K.H/c1-4-7-29-28(20-22-10-12-23(13-11-22)26-8-5-6-9-27(26)31-36-33(41)44-37-31)32(40)38(30-18-19-35-39(29)30)24-14-16-25(17-15-24)43-21-34(2,3)42;;/h5-6,8-13,18-19,24-25,42H,4,7,14-17,20-21H2,1-3H3,(H,36,37,41);;. The summed E-state index contributed by atoms with van der Waals surface area (Å²) >= 11 is 0. The molecule has 45 heavy (non-hydrogen) atoms. The molecule has 6 rings (SSSR count). The number of aliphatic hydroxyl groups is 1. The van der Waals surface area contributed by atoms with Crippen LogP contribution in [0, 0.1) is 0 Å². The molecule has 0 aliphatic heterocycles. The zero-order valence-electron chi connectivity index (χ0n) is 25.5. The Morgan fingerprint density at radius 1 is 1.02 bits per heavy atom. The van der Waals surface area contributed by atoms with E-state index in [1.165, 1.54) is 0 Å². The van der Waals surface area contributed by atoms with Gasteiger partial charge in [0.15, 0.2) is 5.82 Å². The van der Waals surface area contributed by atoms with Gasteiger partial charge in [0, 0.05) is 29.7 Å². The summed E-state index contributed by atoms with van der Waals surface area (Å²) in [6.07, 6.45) is 7.34. The van der Waals surface area contributed by atoms with Gasteiger partial charge in [0.1, 0.15) is 5.65 Å². The first-order chi connectivity index (χ1) is 21.2. The number of aromatic nitrogens is 5. The fourth-order valence-corrected chi connectivity index (χ4v) is 6.30. The number of benzene rings is 2. The maximum atomic E-state index is 14.3. The summed E-state index contributed by atoms with van der Waals surface area (Å²) in [5.41, 5.74) is 5.43. The van der Waals surface area contributed by atoms with Crippen molar-refractivity contribution >= 4 is 57.0 Å². The topological polar surface area (TPSA) is 128 Å². The number of hydrogen-bond acceptors (Lipinski definition) is 7. The summed E-state index contributed by atoms with van der Waals surface area (Å²) in [6, 6.07) is 17.9. The molecule has 1 aliphatic rings. The molecule has 2 aromatic carbocycles. The number of hydrogen-bond donors (Lipinski definition) is 2. The third-order valence-electron chi connectivity index (χ3n) is 8.39. The predicted molar refractivity (Wildman–Crippen MR) is 175 cm³/mol. The SMILES string of the molecule is CCCc1c(Cc2ccc(-c3ccccc3-c3noc(=O)[nH]3)cc2)c(=O)n(C2CCC(OCC(C)(C)O)CC2)c2ccnn12.[KH]. The maximum absolute atomic E-state index is 14.3. The fraction of sp³-hybridized carbons (Fsp3) is 0.412. The molecule has 232 valence electrons. The average Bonchev–Trinajstić information content (AvgIpc) is 3.68. The molecule has 11 heteroatoms. The van der Waals surface area contributed by atoms with Crippen LogP contribution in [0.1, 0.15) is 75.7 Å². The van der Waals surface area contributed by atoms with E-state index in [-0.39, 0.29) is 69.1 Å². The molecule has 1 saturated carbocycles. The minimum atomic E-state index is -0.861. The Hall–Kier alpha value is -2.64. The summed E-state index contributed by atoms with van der Waals surface area (Å²) < 4.78 is 14.6. The number of nitrogens with one attached hydrogen (secondary N) is 1. The molecule has 10 nitrogen and oxygen atoms in total. The molecular weight excluding hydrogens is 598 g/mol. The second-order valence-corrected chi connectivity index (χ2v) is 12.4. The van der Waals surface area contributed by atoms with Crippen LogP contribution < -0.4 is 11.3 Å². The molecule has 0 radical (unpaired) electrons. The van der Waals surface area contributed by atoms with E-state index in [9.17, 15) is 14.7 Å². The van der Waals surface area contributed by atoms with E-state index in [0.717, 1.165) is 77.7 Å². The minimum absolute atomic E-state index is 0. The summed E-state index contributed by atoms with van der Waals surface area (Å²) in [5.74, 6) is -0.218. The monoisotopic (exact) mass is 637 g/mol. The van der Waals surface area contributed by atoms with Crippen LogP contribution in [-0.2, 0) is 17.6 Å². The fourth-order valence-electron chi connectivity index (χ4n) is 6.30. The molecule has 1 fully saturated rings. The van der Waals surface area contributed by atoms with E-state index in [0.29, 0.717) is 18.9 Å². The van der Waals surface area contributed by atoms with Gasteiger partial charge >= 0.3 is 57.1 Å².